The molecule has 2 aromatic heterocycles. The van der Waals surface area contributed by atoms with Gasteiger partial charge in [0.05, 0.1) is 16.8 Å². The summed E-state index contributed by atoms with van der Waals surface area (Å²) in [5, 5.41) is 0. The first-order valence-electron chi connectivity index (χ1n) is 18.7. The molecule has 0 saturated heterocycles. The second kappa shape index (κ2) is 13.6. The number of hydrogen-bond acceptors (Lipinski definition) is 3. The average molecular weight is 702 g/mol. The zero-order chi connectivity index (χ0) is 36.6. The van der Waals surface area contributed by atoms with Crippen molar-refractivity contribution >= 4 is 0 Å². The molecule has 0 radical (unpaired) electrons. The molecule has 3 nitrogen and oxygen atoms in total. The summed E-state index contributed by atoms with van der Waals surface area (Å²) in [6.45, 7) is 0. The van der Waals surface area contributed by atoms with E-state index in [9.17, 15) is 0 Å². The molecule has 0 aliphatic heterocycles. The summed E-state index contributed by atoms with van der Waals surface area (Å²) in [4.78, 5) is 14.5. The van der Waals surface area contributed by atoms with Crippen molar-refractivity contribution in [3.05, 3.63) is 235 Å². The SMILES string of the molecule is c1ccc(-c2cc(-c3ccc(-c4ccc5c(c4)C(c4ccccc4)(c4ccccc4)c4ccccc4-5)cc3)nc(-c3ccc(-c4cccnc4)cc3)n2)cc1. The number of aromatic nitrogens is 3. The van der Waals surface area contributed by atoms with Crippen LogP contribution in [0.2, 0.25) is 0 Å². The van der Waals surface area contributed by atoms with E-state index in [4.69, 9.17) is 9.97 Å². The van der Waals surface area contributed by atoms with E-state index in [2.05, 4.69) is 181 Å². The largest absolute Gasteiger partial charge is 0.264 e. The van der Waals surface area contributed by atoms with Gasteiger partial charge in [-0.1, -0.05) is 182 Å². The minimum Gasteiger partial charge on any atom is -0.264 e. The van der Waals surface area contributed by atoms with Crippen molar-refractivity contribution in [2.45, 2.75) is 5.41 Å². The Balaban J connectivity index is 1.06. The molecule has 10 rings (SSSR count). The first-order chi connectivity index (χ1) is 27.3. The lowest BCUT2D eigenvalue weighted by Gasteiger charge is -2.34. The van der Waals surface area contributed by atoms with Gasteiger partial charge in [0.25, 0.3) is 0 Å². The number of hydrogen-bond donors (Lipinski definition) is 0. The second-order valence-electron chi connectivity index (χ2n) is 14.0. The molecule has 0 amide bonds. The molecule has 0 saturated carbocycles. The Morgan fingerprint density at radius 1 is 0.327 bits per heavy atom. The second-order valence-corrected chi connectivity index (χ2v) is 14.0. The standard InChI is InChI=1S/C52H35N3/c1-4-13-38(14-5-1)49-34-50(55-51(54-49)40-28-24-37(25-29-40)42-15-12-32-53-35-42)39-26-22-36(23-27-39)41-30-31-46-45-20-10-11-21-47(45)52(48(46)33-41,43-16-6-2-7-17-43)44-18-8-3-9-19-44/h1-35H. The van der Waals surface area contributed by atoms with Gasteiger partial charge in [0, 0.05) is 29.1 Å². The lowest BCUT2D eigenvalue weighted by Crippen LogP contribution is -2.28. The van der Waals surface area contributed by atoms with Crippen LogP contribution in [-0.4, -0.2) is 15.0 Å². The van der Waals surface area contributed by atoms with E-state index in [-0.39, 0.29) is 0 Å². The zero-order valence-corrected chi connectivity index (χ0v) is 30.0. The fourth-order valence-corrected chi connectivity index (χ4v) is 8.28. The number of pyridine rings is 1. The summed E-state index contributed by atoms with van der Waals surface area (Å²) >= 11 is 0. The third-order valence-electron chi connectivity index (χ3n) is 10.9. The first-order valence-corrected chi connectivity index (χ1v) is 18.7. The highest BCUT2D eigenvalue weighted by Gasteiger charge is 2.46. The lowest BCUT2D eigenvalue weighted by atomic mass is 9.67. The van der Waals surface area contributed by atoms with E-state index in [0.717, 1.165) is 44.8 Å². The summed E-state index contributed by atoms with van der Waals surface area (Å²) in [5.74, 6) is 0.689. The Morgan fingerprint density at radius 2 is 0.818 bits per heavy atom. The zero-order valence-electron chi connectivity index (χ0n) is 30.0. The summed E-state index contributed by atoms with van der Waals surface area (Å²) in [5.41, 5.74) is 16.6. The third-order valence-corrected chi connectivity index (χ3v) is 10.9. The topological polar surface area (TPSA) is 38.7 Å². The van der Waals surface area contributed by atoms with E-state index < -0.39 is 5.41 Å². The quantitative estimate of drug-likeness (QED) is 0.166. The average Bonchev–Trinajstić information content (AvgIpc) is 3.58. The van der Waals surface area contributed by atoms with E-state index in [1.54, 1.807) is 6.20 Å². The first kappa shape index (κ1) is 32.4. The Bertz CT molecular complexity index is 2720. The van der Waals surface area contributed by atoms with E-state index in [0.29, 0.717) is 5.82 Å². The highest BCUT2D eigenvalue weighted by Crippen LogP contribution is 2.56. The Morgan fingerprint density at radius 3 is 1.45 bits per heavy atom. The summed E-state index contributed by atoms with van der Waals surface area (Å²) in [7, 11) is 0. The van der Waals surface area contributed by atoms with Gasteiger partial charge in [0.15, 0.2) is 5.82 Å². The molecular weight excluding hydrogens is 667 g/mol. The van der Waals surface area contributed by atoms with Crippen molar-refractivity contribution in [1.29, 1.82) is 0 Å². The molecule has 55 heavy (non-hydrogen) atoms. The van der Waals surface area contributed by atoms with Crippen molar-refractivity contribution in [3.63, 3.8) is 0 Å². The van der Waals surface area contributed by atoms with Crippen LogP contribution in [0.1, 0.15) is 22.3 Å². The molecule has 3 heteroatoms. The van der Waals surface area contributed by atoms with Crippen LogP contribution < -0.4 is 0 Å². The van der Waals surface area contributed by atoms with Gasteiger partial charge >= 0.3 is 0 Å². The molecule has 0 N–H and O–H groups in total. The van der Waals surface area contributed by atoms with Gasteiger partial charge in [0.1, 0.15) is 0 Å². The predicted molar refractivity (Wildman–Crippen MR) is 224 cm³/mol. The van der Waals surface area contributed by atoms with Gasteiger partial charge in [-0.25, -0.2) is 9.97 Å². The van der Waals surface area contributed by atoms with Gasteiger partial charge in [-0.2, -0.15) is 0 Å². The molecule has 0 spiro atoms. The van der Waals surface area contributed by atoms with Gasteiger partial charge in [-0.05, 0) is 73.8 Å². The van der Waals surface area contributed by atoms with Crippen LogP contribution in [0.15, 0.2) is 213 Å². The normalized spacial score (nSPS) is 12.5. The Labute approximate surface area is 321 Å². The molecule has 0 unspecified atom stereocenters. The molecule has 9 aromatic rings. The summed E-state index contributed by atoms with van der Waals surface area (Å²) in [6.07, 6.45) is 3.68. The van der Waals surface area contributed by atoms with E-state index >= 15 is 0 Å². The number of fused-ring (bicyclic) bond motifs is 3. The maximum Gasteiger partial charge on any atom is 0.160 e. The Kier molecular flexibility index (Phi) is 8.04. The number of nitrogens with zero attached hydrogens (tertiary/aromatic N) is 3. The van der Waals surface area contributed by atoms with Crippen LogP contribution in [0.5, 0.6) is 0 Å². The van der Waals surface area contributed by atoms with Crippen LogP contribution in [0, 0.1) is 0 Å². The lowest BCUT2D eigenvalue weighted by molar-refractivity contribution is 0.769. The molecule has 258 valence electrons. The molecule has 1 aliphatic carbocycles. The van der Waals surface area contributed by atoms with Crippen LogP contribution in [0.25, 0.3) is 67.3 Å². The van der Waals surface area contributed by atoms with Crippen molar-refractivity contribution in [3.8, 4) is 67.3 Å². The highest BCUT2D eigenvalue weighted by molar-refractivity contribution is 5.88. The molecule has 0 fully saturated rings. The molecule has 2 heterocycles. The monoisotopic (exact) mass is 701 g/mol. The molecule has 7 aromatic carbocycles. The van der Waals surface area contributed by atoms with Crippen molar-refractivity contribution in [1.82, 2.24) is 15.0 Å². The smallest absolute Gasteiger partial charge is 0.160 e. The van der Waals surface area contributed by atoms with Gasteiger partial charge in [-0.15, -0.1) is 0 Å². The maximum atomic E-state index is 5.14. The van der Waals surface area contributed by atoms with Gasteiger partial charge in [0.2, 0.25) is 0 Å². The predicted octanol–water partition coefficient (Wildman–Crippen LogP) is 12.6. The third kappa shape index (κ3) is 5.65. The van der Waals surface area contributed by atoms with Crippen LogP contribution in [0.4, 0.5) is 0 Å². The van der Waals surface area contributed by atoms with Crippen molar-refractivity contribution in [2.24, 2.45) is 0 Å². The minimum absolute atomic E-state index is 0.439. The molecule has 1 aliphatic rings. The molecule has 0 atom stereocenters. The van der Waals surface area contributed by atoms with Crippen LogP contribution >= 0.6 is 0 Å². The van der Waals surface area contributed by atoms with Crippen molar-refractivity contribution < 1.29 is 0 Å². The summed E-state index contributed by atoms with van der Waals surface area (Å²) in [6, 6.07) is 71.5. The fourth-order valence-electron chi connectivity index (χ4n) is 8.28. The maximum absolute atomic E-state index is 5.14. The van der Waals surface area contributed by atoms with E-state index in [1.165, 1.54) is 38.9 Å². The van der Waals surface area contributed by atoms with Crippen LogP contribution in [-0.2, 0) is 5.41 Å². The van der Waals surface area contributed by atoms with Crippen LogP contribution in [0.3, 0.4) is 0 Å². The molecule has 0 bridgehead atoms. The van der Waals surface area contributed by atoms with E-state index in [1.807, 2.05) is 30.5 Å². The summed E-state index contributed by atoms with van der Waals surface area (Å²) < 4.78 is 0. The minimum atomic E-state index is -0.439. The molecular formula is C52H35N3. The fraction of sp³-hybridized carbons (Fsp3) is 0.0192. The highest BCUT2D eigenvalue weighted by atomic mass is 14.9. The van der Waals surface area contributed by atoms with Gasteiger partial charge in [-0.3, -0.25) is 4.98 Å². The van der Waals surface area contributed by atoms with Gasteiger partial charge < -0.3 is 0 Å². The number of benzene rings is 7. The van der Waals surface area contributed by atoms with Crippen molar-refractivity contribution in [2.75, 3.05) is 0 Å². The Hall–Kier alpha value is -7.23. The number of rotatable bonds is 7.